The van der Waals surface area contributed by atoms with Crippen LogP contribution in [0.5, 0.6) is 0 Å². The normalized spacial score (nSPS) is 11.6. The molecular formula is C12H24N4O. The molecule has 0 amide bonds. The molecule has 1 aromatic heterocycles. The van der Waals surface area contributed by atoms with Gasteiger partial charge in [0, 0.05) is 25.3 Å². The molecule has 0 atom stereocenters. The Hall–Kier alpha value is -1.07. The standard InChI is InChI=1S/C12H24N4O/c1-3-11(4-2)15(9-10-17)7-8-16-6-5-12(13)14-16/h5-6,11,17H,3-4,7-10H2,1-2H3,(H2,13,14). The Morgan fingerprint density at radius 3 is 2.59 bits per heavy atom. The van der Waals surface area contributed by atoms with Gasteiger partial charge in [-0.05, 0) is 18.9 Å². The van der Waals surface area contributed by atoms with Gasteiger partial charge >= 0.3 is 0 Å². The summed E-state index contributed by atoms with van der Waals surface area (Å²) in [5.74, 6) is 0.557. The van der Waals surface area contributed by atoms with Crippen LogP contribution in [0.4, 0.5) is 5.82 Å². The van der Waals surface area contributed by atoms with Gasteiger partial charge in [-0.3, -0.25) is 9.58 Å². The highest BCUT2D eigenvalue weighted by Crippen LogP contribution is 2.08. The van der Waals surface area contributed by atoms with Gasteiger partial charge in [0.1, 0.15) is 5.82 Å². The fourth-order valence-electron chi connectivity index (χ4n) is 2.14. The minimum atomic E-state index is 0.206. The van der Waals surface area contributed by atoms with Crippen molar-refractivity contribution < 1.29 is 5.11 Å². The van der Waals surface area contributed by atoms with Crippen LogP contribution in [0, 0.1) is 0 Å². The van der Waals surface area contributed by atoms with Crippen molar-refractivity contribution in [1.82, 2.24) is 14.7 Å². The van der Waals surface area contributed by atoms with E-state index in [1.54, 1.807) is 6.07 Å². The fraction of sp³-hybridized carbons (Fsp3) is 0.750. The van der Waals surface area contributed by atoms with Crippen molar-refractivity contribution in [3.63, 3.8) is 0 Å². The predicted molar refractivity (Wildman–Crippen MR) is 69.7 cm³/mol. The molecule has 0 unspecified atom stereocenters. The largest absolute Gasteiger partial charge is 0.395 e. The number of nitrogens with zero attached hydrogens (tertiary/aromatic N) is 3. The lowest BCUT2D eigenvalue weighted by Gasteiger charge is -2.29. The van der Waals surface area contributed by atoms with Crippen LogP contribution in [0.2, 0.25) is 0 Å². The van der Waals surface area contributed by atoms with Gasteiger partial charge in [-0.1, -0.05) is 13.8 Å². The van der Waals surface area contributed by atoms with Gasteiger partial charge in [0.05, 0.1) is 13.2 Å². The Morgan fingerprint density at radius 1 is 1.41 bits per heavy atom. The first kappa shape index (κ1) is 14.0. The summed E-state index contributed by atoms with van der Waals surface area (Å²) in [6.07, 6.45) is 4.11. The zero-order chi connectivity index (χ0) is 12.7. The summed E-state index contributed by atoms with van der Waals surface area (Å²) in [7, 11) is 0. The van der Waals surface area contributed by atoms with Crippen molar-refractivity contribution in [1.29, 1.82) is 0 Å². The lowest BCUT2D eigenvalue weighted by atomic mass is 10.1. The molecule has 1 aromatic rings. The molecule has 0 radical (unpaired) electrons. The molecule has 0 fully saturated rings. The molecule has 1 rings (SSSR count). The van der Waals surface area contributed by atoms with Crippen LogP contribution in [0.15, 0.2) is 12.3 Å². The summed E-state index contributed by atoms with van der Waals surface area (Å²) in [5, 5.41) is 13.3. The molecule has 0 aliphatic carbocycles. The van der Waals surface area contributed by atoms with Gasteiger partial charge < -0.3 is 10.8 Å². The molecule has 5 heteroatoms. The van der Waals surface area contributed by atoms with E-state index in [0.29, 0.717) is 11.9 Å². The summed E-state index contributed by atoms with van der Waals surface area (Å²) in [4.78, 5) is 2.32. The first-order valence-electron chi connectivity index (χ1n) is 6.35. The van der Waals surface area contributed by atoms with E-state index < -0.39 is 0 Å². The Bertz CT molecular complexity index is 309. The summed E-state index contributed by atoms with van der Waals surface area (Å²) in [6, 6.07) is 2.34. The number of nitrogen functional groups attached to an aromatic ring is 1. The molecule has 17 heavy (non-hydrogen) atoms. The third kappa shape index (κ3) is 4.36. The predicted octanol–water partition coefficient (Wildman–Crippen LogP) is 0.948. The Morgan fingerprint density at radius 2 is 2.12 bits per heavy atom. The third-order valence-electron chi connectivity index (χ3n) is 3.12. The smallest absolute Gasteiger partial charge is 0.145 e. The van der Waals surface area contributed by atoms with Crippen LogP contribution in [0.3, 0.4) is 0 Å². The fourth-order valence-corrected chi connectivity index (χ4v) is 2.14. The maximum atomic E-state index is 9.09. The highest BCUT2D eigenvalue weighted by molar-refractivity contribution is 5.23. The van der Waals surface area contributed by atoms with Gasteiger partial charge in [-0.2, -0.15) is 5.10 Å². The van der Waals surface area contributed by atoms with Crippen LogP contribution < -0.4 is 5.73 Å². The number of aliphatic hydroxyl groups excluding tert-OH is 1. The molecule has 0 aliphatic heterocycles. The second kappa shape index (κ2) is 7.29. The molecule has 0 saturated heterocycles. The molecule has 1 heterocycles. The van der Waals surface area contributed by atoms with Crippen molar-refractivity contribution in [2.45, 2.75) is 39.3 Å². The van der Waals surface area contributed by atoms with E-state index in [2.05, 4.69) is 23.8 Å². The van der Waals surface area contributed by atoms with Gasteiger partial charge in [-0.15, -0.1) is 0 Å². The van der Waals surface area contributed by atoms with Crippen molar-refractivity contribution in [3.8, 4) is 0 Å². The van der Waals surface area contributed by atoms with Crippen LogP contribution in [-0.2, 0) is 6.54 Å². The highest BCUT2D eigenvalue weighted by Gasteiger charge is 2.14. The number of anilines is 1. The molecule has 0 aliphatic rings. The topological polar surface area (TPSA) is 67.3 Å². The molecule has 5 nitrogen and oxygen atoms in total. The Balaban J connectivity index is 2.48. The molecule has 0 saturated carbocycles. The van der Waals surface area contributed by atoms with Gasteiger partial charge in [0.2, 0.25) is 0 Å². The molecule has 0 aromatic carbocycles. The Labute approximate surface area is 103 Å². The zero-order valence-electron chi connectivity index (χ0n) is 10.8. The molecular weight excluding hydrogens is 216 g/mol. The maximum absolute atomic E-state index is 9.09. The maximum Gasteiger partial charge on any atom is 0.145 e. The van der Waals surface area contributed by atoms with Crippen LogP contribution in [0.25, 0.3) is 0 Å². The van der Waals surface area contributed by atoms with Crippen LogP contribution in [-0.4, -0.2) is 45.5 Å². The number of aliphatic hydroxyl groups is 1. The van der Waals surface area contributed by atoms with Crippen LogP contribution in [0.1, 0.15) is 26.7 Å². The van der Waals surface area contributed by atoms with E-state index in [1.807, 2.05) is 10.9 Å². The second-order valence-electron chi connectivity index (χ2n) is 4.23. The van der Waals surface area contributed by atoms with E-state index in [0.717, 1.165) is 32.5 Å². The van der Waals surface area contributed by atoms with E-state index in [9.17, 15) is 0 Å². The Kier molecular flexibility index (Phi) is 6.00. The molecule has 0 bridgehead atoms. The van der Waals surface area contributed by atoms with Gasteiger partial charge in [0.15, 0.2) is 0 Å². The monoisotopic (exact) mass is 240 g/mol. The summed E-state index contributed by atoms with van der Waals surface area (Å²) in [6.45, 7) is 7.01. The highest BCUT2D eigenvalue weighted by atomic mass is 16.3. The average Bonchev–Trinajstić information content (AvgIpc) is 2.73. The number of hydrogen-bond donors (Lipinski definition) is 2. The average molecular weight is 240 g/mol. The molecule has 3 N–H and O–H groups in total. The summed E-state index contributed by atoms with van der Waals surface area (Å²) in [5.41, 5.74) is 5.57. The van der Waals surface area contributed by atoms with Crippen molar-refractivity contribution >= 4 is 5.82 Å². The van der Waals surface area contributed by atoms with E-state index >= 15 is 0 Å². The molecule has 0 spiro atoms. The zero-order valence-corrected chi connectivity index (χ0v) is 10.8. The molecule has 98 valence electrons. The van der Waals surface area contributed by atoms with Crippen molar-refractivity contribution in [2.75, 3.05) is 25.4 Å². The van der Waals surface area contributed by atoms with Crippen LogP contribution >= 0.6 is 0 Å². The minimum Gasteiger partial charge on any atom is -0.395 e. The van der Waals surface area contributed by atoms with Crippen molar-refractivity contribution in [3.05, 3.63) is 12.3 Å². The number of aromatic nitrogens is 2. The SMILES string of the molecule is CCC(CC)N(CCO)CCn1ccc(N)n1. The van der Waals surface area contributed by atoms with Gasteiger partial charge in [0.25, 0.3) is 0 Å². The van der Waals surface area contributed by atoms with E-state index in [-0.39, 0.29) is 6.61 Å². The summed E-state index contributed by atoms with van der Waals surface area (Å²) < 4.78 is 1.85. The van der Waals surface area contributed by atoms with E-state index in [4.69, 9.17) is 10.8 Å². The second-order valence-corrected chi connectivity index (χ2v) is 4.23. The van der Waals surface area contributed by atoms with Gasteiger partial charge in [-0.25, -0.2) is 0 Å². The first-order valence-corrected chi connectivity index (χ1v) is 6.35. The van der Waals surface area contributed by atoms with E-state index in [1.165, 1.54) is 0 Å². The lowest BCUT2D eigenvalue weighted by Crippen LogP contribution is -2.39. The third-order valence-corrected chi connectivity index (χ3v) is 3.12. The lowest BCUT2D eigenvalue weighted by molar-refractivity contribution is 0.137. The number of hydrogen-bond acceptors (Lipinski definition) is 4. The minimum absolute atomic E-state index is 0.206. The quantitative estimate of drug-likeness (QED) is 0.710. The number of nitrogens with two attached hydrogens (primary N) is 1. The number of rotatable bonds is 8. The first-order chi connectivity index (χ1) is 8.21. The summed E-state index contributed by atoms with van der Waals surface area (Å²) >= 11 is 0. The van der Waals surface area contributed by atoms with Crippen molar-refractivity contribution in [2.24, 2.45) is 0 Å².